The highest BCUT2D eigenvalue weighted by atomic mass is 31.1. The van der Waals surface area contributed by atoms with Crippen LogP contribution in [0.3, 0.4) is 0 Å². The van der Waals surface area contributed by atoms with Gasteiger partial charge in [-0.2, -0.15) is 0 Å². The summed E-state index contributed by atoms with van der Waals surface area (Å²) in [5.41, 5.74) is 0. The fourth-order valence-corrected chi connectivity index (χ4v) is 3.20. The van der Waals surface area contributed by atoms with E-state index in [-0.39, 0.29) is 13.2 Å². The van der Waals surface area contributed by atoms with E-state index in [1.807, 2.05) is 0 Å². The fourth-order valence-electron chi connectivity index (χ4n) is 1.55. The molecule has 7 heteroatoms. The molecule has 0 saturated heterocycles. The molecular weight excluding hydrogens is 322 g/mol. The molecule has 0 aliphatic rings. The summed E-state index contributed by atoms with van der Waals surface area (Å²) in [7, 11) is -4.15. The molecule has 2 atom stereocenters. The molecule has 0 bridgehead atoms. The van der Waals surface area contributed by atoms with Gasteiger partial charge in [-0.3, -0.25) is 4.79 Å². The van der Waals surface area contributed by atoms with Gasteiger partial charge in [0.05, 0.1) is 0 Å². The minimum Gasteiger partial charge on any atom is -0.294 e. The second kappa shape index (κ2) is 8.62. The smallest absolute Gasteiger partial charge is 0.294 e. The maximum atomic E-state index is 11.8. The molecule has 22 heavy (non-hydrogen) atoms. The van der Waals surface area contributed by atoms with Crippen LogP contribution < -0.4 is 10.6 Å². The Kier molecular flexibility index (Phi) is 6.50. The van der Waals surface area contributed by atoms with E-state index in [1.54, 1.807) is 60.7 Å². The third-order valence-corrected chi connectivity index (χ3v) is 4.79. The van der Waals surface area contributed by atoms with Crippen molar-refractivity contribution in [3.63, 3.8) is 0 Å². The van der Waals surface area contributed by atoms with Crippen molar-refractivity contribution in [2.75, 3.05) is 13.2 Å². The van der Waals surface area contributed by atoms with E-state index in [2.05, 4.69) is 0 Å². The van der Waals surface area contributed by atoms with Crippen LogP contribution in [0, 0.1) is 0 Å². The lowest BCUT2D eigenvalue weighted by molar-refractivity contribution is -0.122. The van der Waals surface area contributed by atoms with E-state index in [9.17, 15) is 13.9 Å². The number of ketones is 1. The van der Waals surface area contributed by atoms with Crippen LogP contribution in [0.5, 0.6) is 0 Å². The molecule has 0 radical (unpaired) electrons. The Morgan fingerprint density at radius 3 is 1.45 bits per heavy atom. The quantitative estimate of drug-likeness (QED) is 0.693. The summed E-state index contributed by atoms with van der Waals surface area (Å²) in [5, 5.41) is 1.03. The van der Waals surface area contributed by atoms with Gasteiger partial charge in [0.2, 0.25) is 10.6 Å². The van der Waals surface area contributed by atoms with Gasteiger partial charge < -0.3 is 0 Å². The third kappa shape index (κ3) is 5.21. The third-order valence-electron chi connectivity index (χ3n) is 2.62. The number of rotatable bonds is 8. The van der Waals surface area contributed by atoms with Gasteiger partial charge in [0.25, 0.3) is 0 Å². The van der Waals surface area contributed by atoms with Gasteiger partial charge in [-0.15, -0.1) is 9.05 Å². The molecule has 0 amide bonds. The molecule has 2 aromatic carbocycles. The highest BCUT2D eigenvalue weighted by molar-refractivity contribution is 7.48. The fraction of sp³-hybridized carbons (Fsp3) is 0.133. The minimum absolute atomic E-state index is 0.345. The molecule has 0 heterocycles. The summed E-state index contributed by atoms with van der Waals surface area (Å²) < 4.78 is 33.6. The minimum atomic E-state index is -2.08. The first-order chi connectivity index (χ1) is 10.7. The second-order valence-corrected chi connectivity index (χ2v) is 6.85. The largest absolute Gasteiger partial charge is 0.549 e. The van der Waals surface area contributed by atoms with Crippen LogP contribution in [0.25, 0.3) is 0 Å². The molecule has 0 N–H and O–H groups in total. The van der Waals surface area contributed by atoms with E-state index in [0.717, 1.165) is 0 Å². The summed E-state index contributed by atoms with van der Waals surface area (Å²) >= 11 is 0. The molecule has 0 aromatic heterocycles. The van der Waals surface area contributed by atoms with Crippen LogP contribution in [0.4, 0.5) is 0 Å². The number of Topliss-reactive ketones (excluding diaryl/α,β-unsaturated/α-hetero) is 1. The average Bonchev–Trinajstić information content (AvgIpc) is 2.59. The molecule has 0 aliphatic carbocycles. The molecular formula is C15H14O5P2+2. The number of benzene rings is 2. The van der Waals surface area contributed by atoms with Crippen molar-refractivity contribution in [3.05, 3.63) is 60.7 Å². The maximum Gasteiger partial charge on any atom is 0.549 e. The summed E-state index contributed by atoms with van der Waals surface area (Å²) in [6.07, 6.45) is 0. The first-order valence-corrected chi connectivity index (χ1v) is 8.84. The van der Waals surface area contributed by atoms with E-state index in [4.69, 9.17) is 9.05 Å². The monoisotopic (exact) mass is 336 g/mol. The molecule has 112 valence electrons. The molecule has 0 spiro atoms. The average molecular weight is 336 g/mol. The summed E-state index contributed by atoms with van der Waals surface area (Å²) in [6.45, 7) is -0.690. The lowest BCUT2D eigenvalue weighted by atomic mass is 10.4. The molecule has 5 nitrogen and oxygen atoms in total. The standard InChI is InChI=1S/C15H14O5P2/c16-13(11-19-21(17)14-7-3-1-4-8-14)12-20-22(18)15-9-5-2-6-10-15/h1-10H,11-12H2/q+2. The zero-order chi connectivity index (χ0) is 15.8. The van der Waals surface area contributed by atoms with Gasteiger partial charge in [-0.1, -0.05) is 36.4 Å². The number of carbonyl (C=O) groups is 1. The van der Waals surface area contributed by atoms with Crippen LogP contribution in [-0.4, -0.2) is 19.0 Å². The lowest BCUT2D eigenvalue weighted by Gasteiger charge is -1.92. The van der Waals surface area contributed by atoms with Crippen LogP contribution in [0.1, 0.15) is 0 Å². The Balaban J connectivity index is 1.74. The van der Waals surface area contributed by atoms with Crippen molar-refractivity contribution >= 4 is 32.4 Å². The van der Waals surface area contributed by atoms with Gasteiger partial charge in [0.15, 0.2) is 19.0 Å². The summed E-state index contributed by atoms with van der Waals surface area (Å²) in [4.78, 5) is 11.6. The van der Waals surface area contributed by atoms with Crippen molar-refractivity contribution in [1.29, 1.82) is 0 Å². The van der Waals surface area contributed by atoms with Gasteiger partial charge >= 0.3 is 16.1 Å². The van der Waals surface area contributed by atoms with E-state index in [0.29, 0.717) is 10.6 Å². The van der Waals surface area contributed by atoms with Crippen LogP contribution in [0.2, 0.25) is 0 Å². The van der Waals surface area contributed by atoms with Crippen molar-refractivity contribution in [1.82, 2.24) is 0 Å². The predicted molar refractivity (Wildman–Crippen MR) is 84.3 cm³/mol. The van der Waals surface area contributed by atoms with Gasteiger partial charge in [0, 0.05) is 0 Å². The predicted octanol–water partition coefficient (Wildman–Crippen LogP) is 2.72. The first kappa shape index (κ1) is 16.6. The van der Waals surface area contributed by atoms with Gasteiger partial charge in [-0.25, -0.2) is 0 Å². The second-order valence-electron chi connectivity index (χ2n) is 4.27. The molecule has 2 rings (SSSR count). The van der Waals surface area contributed by atoms with E-state index in [1.165, 1.54) is 0 Å². The van der Waals surface area contributed by atoms with Crippen molar-refractivity contribution in [2.45, 2.75) is 0 Å². The number of carbonyl (C=O) groups excluding carboxylic acids is 1. The molecule has 2 aromatic rings. The van der Waals surface area contributed by atoms with Crippen LogP contribution >= 0.6 is 16.1 Å². The molecule has 0 aliphatic heterocycles. The highest BCUT2D eigenvalue weighted by Crippen LogP contribution is 2.22. The van der Waals surface area contributed by atoms with E-state index >= 15 is 0 Å². The Labute approximate surface area is 130 Å². The first-order valence-electron chi connectivity index (χ1n) is 6.49. The lowest BCUT2D eigenvalue weighted by Crippen LogP contribution is -2.14. The normalized spacial score (nSPS) is 11.8. The molecule has 0 fully saturated rings. The number of hydrogen-bond donors (Lipinski definition) is 0. The maximum absolute atomic E-state index is 11.8. The molecule has 2 unspecified atom stereocenters. The van der Waals surface area contributed by atoms with Crippen molar-refractivity contribution < 1.29 is 23.0 Å². The Morgan fingerprint density at radius 2 is 1.09 bits per heavy atom. The Morgan fingerprint density at radius 1 is 0.727 bits per heavy atom. The van der Waals surface area contributed by atoms with Crippen molar-refractivity contribution in [3.8, 4) is 0 Å². The SMILES string of the molecule is O=C(CO[P+](=O)c1ccccc1)CO[P+](=O)c1ccccc1. The van der Waals surface area contributed by atoms with Gasteiger partial charge in [0.1, 0.15) is 0 Å². The van der Waals surface area contributed by atoms with Crippen LogP contribution in [0.15, 0.2) is 60.7 Å². The van der Waals surface area contributed by atoms with Crippen LogP contribution in [-0.2, 0) is 23.0 Å². The number of hydrogen-bond acceptors (Lipinski definition) is 5. The Hall–Kier alpha value is -1.77. The highest BCUT2D eigenvalue weighted by Gasteiger charge is 2.26. The summed E-state index contributed by atoms with van der Waals surface area (Å²) in [6, 6.07) is 17.2. The van der Waals surface area contributed by atoms with E-state index < -0.39 is 21.8 Å². The molecule has 0 saturated carbocycles. The topological polar surface area (TPSA) is 69.7 Å². The van der Waals surface area contributed by atoms with Gasteiger partial charge in [-0.05, 0) is 33.4 Å². The van der Waals surface area contributed by atoms with Crippen molar-refractivity contribution in [2.24, 2.45) is 0 Å². The Bertz CT molecular complexity index is 601. The summed E-state index contributed by atoms with van der Waals surface area (Å²) in [5.74, 6) is -0.418. The zero-order valence-electron chi connectivity index (χ0n) is 11.6. The zero-order valence-corrected chi connectivity index (χ0v) is 13.4.